The Morgan fingerprint density at radius 2 is 1.45 bits per heavy atom. The first-order chi connectivity index (χ1) is 14.9. The third kappa shape index (κ3) is 3.71. The minimum atomic E-state index is -3.60. The van der Waals surface area contributed by atoms with Gasteiger partial charge in [0.25, 0.3) is 11.8 Å². The summed E-state index contributed by atoms with van der Waals surface area (Å²) in [7, 11) is -2.29. The number of sulfonamides is 1. The molecule has 0 aliphatic heterocycles. The Hall–Kier alpha value is -3.49. The molecular formula is C23H21N3O4S. The second kappa shape index (κ2) is 7.98. The zero-order valence-electron chi connectivity index (χ0n) is 17.0. The van der Waals surface area contributed by atoms with Crippen LogP contribution in [-0.4, -0.2) is 31.8 Å². The molecule has 158 valence electrons. The SMILES string of the molecule is CCn1c2ccccc2c2cc(C(=O)NC(=O)c3ccc(S(=O)(=O)NC)cc3)ccc21. The number of aromatic nitrogens is 1. The molecule has 0 unspecified atom stereocenters. The van der Waals surface area contributed by atoms with E-state index in [1.54, 1.807) is 12.1 Å². The van der Waals surface area contributed by atoms with E-state index >= 15 is 0 Å². The quantitative estimate of drug-likeness (QED) is 0.470. The molecule has 0 aliphatic rings. The molecule has 4 aromatic rings. The van der Waals surface area contributed by atoms with E-state index in [1.165, 1.54) is 31.3 Å². The summed E-state index contributed by atoms with van der Waals surface area (Å²) in [5.74, 6) is -1.12. The molecule has 1 heterocycles. The fourth-order valence-corrected chi connectivity index (χ4v) is 4.42. The van der Waals surface area contributed by atoms with Gasteiger partial charge in [-0.05, 0) is 62.5 Å². The molecule has 0 aliphatic carbocycles. The number of fused-ring (bicyclic) bond motifs is 3. The fraction of sp³-hybridized carbons (Fsp3) is 0.130. The molecule has 0 spiro atoms. The predicted molar refractivity (Wildman–Crippen MR) is 120 cm³/mol. The van der Waals surface area contributed by atoms with E-state index in [4.69, 9.17) is 0 Å². The van der Waals surface area contributed by atoms with Crippen molar-refractivity contribution in [1.82, 2.24) is 14.6 Å². The van der Waals surface area contributed by atoms with E-state index in [-0.39, 0.29) is 10.5 Å². The summed E-state index contributed by atoms with van der Waals surface area (Å²) < 4.78 is 28.0. The normalized spacial score (nSPS) is 11.7. The van der Waals surface area contributed by atoms with E-state index in [1.807, 2.05) is 30.3 Å². The third-order valence-corrected chi connectivity index (χ3v) is 6.70. The van der Waals surface area contributed by atoms with Gasteiger partial charge in [0, 0.05) is 39.5 Å². The molecule has 4 rings (SSSR count). The average molecular weight is 436 g/mol. The Bertz CT molecular complexity index is 1420. The van der Waals surface area contributed by atoms with Crippen LogP contribution in [0.2, 0.25) is 0 Å². The molecule has 0 saturated heterocycles. The van der Waals surface area contributed by atoms with Crippen LogP contribution in [0.25, 0.3) is 21.8 Å². The minimum absolute atomic E-state index is 0.0376. The number of para-hydroxylation sites is 1. The summed E-state index contributed by atoms with van der Waals surface area (Å²) in [6.45, 7) is 2.87. The van der Waals surface area contributed by atoms with Crippen LogP contribution >= 0.6 is 0 Å². The van der Waals surface area contributed by atoms with Gasteiger partial charge in [0.1, 0.15) is 0 Å². The van der Waals surface area contributed by atoms with E-state index < -0.39 is 21.8 Å². The summed E-state index contributed by atoms with van der Waals surface area (Å²) >= 11 is 0. The van der Waals surface area contributed by atoms with Crippen molar-refractivity contribution in [2.24, 2.45) is 0 Å². The van der Waals surface area contributed by atoms with Crippen molar-refractivity contribution in [3.63, 3.8) is 0 Å². The number of imide groups is 1. The van der Waals surface area contributed by atoms with Crippen LogP contribution in [-0.2, 0) is 16.6 Å². The summed E-state index contributed by atoms with van der Waals surface area (Å²) in [6, 6.07) is 18.7. The van der Waals surface area contributed by atoms with Gasteiger partial charge in [-0.15, -0.1) is 0 Å². The summed E-state index contributed by atoms with van der Waals surface area (Å²) in [6.07, 6.45) is 0. The van der Waals surface area contributed by atoms with E-state index in [2.05, 4.69) is 21.5 Å². The van der Waals surface area contributed by atoms with E-state index in [0.29, 0.717) is 5.56 Å². The van der Waals surface area contributed by atoms with E-state index in [9.17, 15) is 18.0 Å². The van der Waals surface area contributed by atoms with Gasteiger partial charge in [-0.1, -0.05) is 18.2 Å². The predicted octanol–water partition coefficient (Wildman–Crippen LogP) is 3.29. The lowest BCUT2D eigenvalue weighted by atomic mass is 10.1. The molecule has 2 N–H and O–H groups in total. The summed E-state index contributed by atoms with van der Waals surface area (Å²) in [5, 5.41) is 4.36. The number of nitrogens with zero attached hydrogens (tertiary/aromatic N) is 1. The van der Waals surface area contributed by atoms with Gasteiger partial charge < -0.3 is 4.57 Å². The minimum Gasteiger partial charge on any atom is -0.341 e. The maximum absolute atomic E-state index is 12.7. The monoisotopic (exact) mass is 435 g/mol. The van der Waals surface area contributed by atoms with Gasteiger partial charge in [0.05, 0.1) is 4.90 Å². The van der Waals surface area contributed by atoms with Crippen LogP contribution in [0.5, 0.6) is 0 Å². The summed E-state index contributed by atoms with van der Waals surface area (Å²) in [4.78, 5) is 25.2. The van der Waals surface area contributed by atoms with Crippen molar-refractivity contribution in [3.05, 3.63) is 77.9 Å². The molecular weight excluding hydrogens is 414 g/mol. The van der Waals surface area contributed by atoms with Crippen LogP contribution in [0.1, 0.15) is 27.6 Å². The lowest BCUT2D eigenvalue weighted by Gasteiger charge is -2.07. The zero-order valence-corrected chi connectivity index (χ0v) is 17.9. The molecule has 0 saturated carbocycles. The first-order valence-corrected chi connectivity index (χ1v) is 11.2. The largest absolute Gasteiger partial charge is 0.341 e. The Labute approximate surface area is 179 Å². The Balaban J connectivity index is 1.61. The van der Waals surface area contributed by atoms with Gasteiger partial charge >= 0.3 is 0 Å². The maximum Gasteiger partial charge on any atom is 0.258 e. The zero-order chi connectivity index (χ0) is 22.2. The Morgan fingerprint density at radius 3 is 2.13 bits per heavy atom. The van der Waals surface area contributed by atoms with Gasteiger partial charge in [0.15, 0.2) is 0 Å². The molecule has 0 atom stereocenters. The van der Waals surface area contributed by atoms with Crippen molar-refractivity contribution < 1.29 is 18.0 Å². The van der Waals surface area contributed by atoms with Crippen molar-refractivity contribution in [2.45, 2.75) is 18.4 Å². The van der Waals surface area contributed by atoms with Crippen molar-refractivity contribution in [3.8, 4) is 0 Å². The third-order valence-electron chi connectivity index (χ3n) is 5.27. The number of hydrogen-bond donors (Lipinski definition) is 2. The number of nitrogens with one attached hydrogen (secondary N) is 2. The van der Waals surface area contributed by atoms with Crippen LogP contribution < -0.4 is 10.0 Å². The van der Waals surface area contributed by atoms with Gasteiger partial charge in [0.2, 0.25) is 10.0 Å². The highest BCUT2D eigenvalue weighted by Crippen LogP contribution is 2.29. The molecule has 3 aromatic carbocycles. The van der Waals surface area contributed by atoms with E-state index in [0.717, 1.165) is 28.4 Å². The van der Waals surface area contributed by atoms with Gasteiger partial charge in [-0.3, -0.25) is 14.9 Å². The molecule has 7 nitrogen and oxygen atoms in total. The van der Waals surface area contributed by atoms with Crippen LogP contribution in [0.3, 0.4) is 0 Å². The Kier molecular flexibility index (Phi) is 5.34. The molecule has 8 heteroatoms. The fourth-order valence-electron chi connectivity index (χ4n) is 3.69. The van der Waals surface area contributed by atoms with Crippen LogP contribution in [0, 0.1) is 0 Å². The molecule has 0 radical (unpaired) electrons. The van der Waals surface area contributed by atoms with Crippen LogP contribution in [0.15, 0.2) is 71.6 Å². The van der Waals surface area contributed by atoms with Gasteiger partial charge in [-0.25, -0.2) is 13.1 Å². The molecule has 2 amide bonds. The Morgan fingerprint density at radius 1 is 0.839 bits per heavy atom. The highest BCUT2D eigenvalue weighted by atomic mass is 32.2. The average Bonchev–Trinajstić information content (AvgIpc) is 3.12. The van der Waals surface area contributed by atoms with Crippen LogP contribution in [0.4, 0.5) is 0 Å². The molecule has 1 aromatic heterocycles. The number of carbonyl (C=O) groups is 2. The smallest absolute Gasteiger partial charge is 0.258 e. The highest BCUT2D eigenvalue weighted by Gasteiger charge is 2.17. The molecule has 31 heavy (non-hydrogen) atoms. The molecule has 0 bridgehead atoms. The second-order valence-electron chi connectivity index (χ2n) is 7.01. The summed E-state index contributed by atoms with van der Waals surface area (Å²) in [5.41, 5.74) is 2.67. The lowest BCUT2D eigenvalue weighted by molar-refractivity contribution is 0.0849. The highest BCUT2D eigenvalue weighted by molar-refractivity contribution is 7.89. The number of carbonyl (C=O) groups excluding carboxylic acids is 2. The standard InChI is InChI=1S/C23H21N3O4S/c1-3-26-20-7-5-4-6-18(20)19-14-16(10-13-21(19)26)23(28)25-22(27)15-8-11-17(12-9-15)31(29,30)24-2/h4-14,24H,3H2,1-2H3,(H,25,27,28). The number of hydrogen-bond acceptors (Lipinski definition) is 4. The first-order valence-electron chi connectivity index (χ1n) is 9.76. The van der Waals surface area contributed by atoms with Crippen molar-refractivity contribution in [2.75, 3.05) is 7.05 Å². The first kappa shape index (κ1) is 20.8. The molecule has 0 fully saturated rings. The topological polar surface area (TPSA) is 97.3 Å². The van der Waals surface area contributed by atoms with Crippen molar-refractivity contribution in [1.29, 1.82) is 0 Å². The number of benzene rings is 3. The second-order valence-corrected chi connectivity index (χ2v) is 8.90. The van der Waals surface area contributed by atoms with Crippen molar-refractivity contribution >= 4 is 43.6 Å². The number of aryl methyl sites for hydroxylation is 1. The lowest BCUT2D eigenvalue weighted by Crippen LogP contribution is -2.30. The number of amides is 2. The maximum atomic E-state index is 12.7. The number of rotatable bonds is 5. The van der Waals surface area contributed by atoms with Gasteiger partial charge in [-0.2, -0.15) is 0 Å².